The highest BCUT2D eigenvalue weighted by molar-refractivity contribution is 9.10. The van der Waals surface area contributed by atoms with Crippen LogP contribution in [0.4, 0.5) is 0 Å². The highest BCUT2D eigenvalue weighted by Gasteiger charge is 2.27. The van der Waals surface area contributed by atoms with Crippen LogP contribution in [0.15, 0.2) is 27.4 Å². The smallest absolute Gasteiger partial charge is 0.129 e. The third-order valence-corrected chi connectivity index (χ3v) is 4.36. The lowest BCUT2D eigenvalue weighted by atomic mass is 10.0. The second-order valence-corrected chi connectivity index (χ2v) is 5.17. The van der Waals surface area contributed by atoms with E-state index in [2.05, 4.69) is 31.7 Å². The molecule has 78 valence electrons. The lowest BCUT2D eigenvalue weighted by Gasteiger charge is -2.21. The Labute approximate surface area is 99.8 Å². The maximum absolute atomic E-state index is 5.54. The zero-order chi connectivity index (χ0) is 10.3. The average Bonchev–Trinajstić information content (AvgIpc) is 2.85. The normalized spacial score (nSPS) is 20.2. The minimum Gasteiger partial charge on any atom is -0.467 e. The van der Waals surface area contributed by atoms with E-state index < -0.39 is 0 Å². The summed E-state index contributed by atoms with van der Waals surface area (Å²) in [6, 6.07) is 2.21. The molecule has 0 bridgehead atoms. The van der Waals surface area contributed by atoms with Crippen molar-refractivity contribution in [2.75, 3.05) is 6.54 Å². The predicted molar refractivity (Wildman–Crippen MR) is 62.1 cm³/mol. The number of halogens is 1. The molecular weight excluding hydrogens is 276 g/mol. The van der Waals surface area contributed by atoms with Gasteiger partial charge in [-0.05, 0) is 45.5 Å². The summed E-state index contributed by atoms with van der Waals surface area (Å²) in [5.41, 5.74) is 1.30. The van der Waals surface area contributed by atoms with Gasteiger partial charge in [0, 0.05) is 6.54 Å². The molecule has 3 nitrogen and oxygen atoms in total. The van der Waals surface area contributed by atoms with Crippen molar-refractivity contribution < 1.29 is 4.42 Å². The van der Waals surface area contributed by atoms with Crippen molar-refractivity contribution in [1.29, 1.82) is 0 Å². The molecule has 2 aromatic heterocycles. The number of furan rings is 1. The van der Waals surface area contributed by atoms with Crippen molar-refractivity contribution in [2.24, 2.45) is 0 Å². The van der Waals surface area contributed by atoms with E-state index in [1.807, 2.05) is 6.20 Å². The molecule has 0 saturated heterocycles. The van der Waals surface area contributed by atoms with Gasteiger partial charge in [-0.3, -0.25) is 0 Å². The molecule has 0 aromatic carbocycles. The average molecular weight is 285 g/mol. The minimum atomic E-state index is 0.158. The molecule has 0 aliphatic carbocycles. The van der Waals surface area contributed by atoms with E-state index in [4.69, 9.17) is 4.42 Å². The van der Waals surface area contributed by atoms with Gasteiger partial charge in [-0.2, -0.15) is 4.37 Å². The van der Waals surface area contributed by atoms with Gasteiger partial charge in [0.05, 0.1) is 21.8 Å². The fraction of sp³-hybridized carbons (Fsp3) is 0.300. The highest BCUT2D eigenvalue weighted by atomic mass is 79.9. The van der Waals surface area contributed by atoms with Crippen molar-refractivity contribution in [3.05, 3.63) is 39.2 Å². The number of hydrogen-bond donors (Lipinski definition) is 1. The van der Waals surface area contributed by atoms with E-state index in [0.717, 1.165) is 23.2 Å². The molecule has 0 fully saturated rings. The third kappa shape index (κ3) is 1.55. The van der Waals surface area contributed by atoms with Crippen molar-refractivity contribution in [3.63, 3.8) is 0 Å². The molecule has 1 aliphatic heterocycles. The maximum Gasteiger partial charge on any atom is 0.129 e. The van der Waals surface area contributed by atoms with Crippen LogP contribution >= 0.6 is 27.5 Å². The molecule has 15 heavy (non-hydrogen) atoms. The van der Waals surface area contributed by atoms with Crippen LogP contribution in [-0.2, 0) is 6.42 Å². The van der Waals surface area contributed by atoms with Crippen LogP contribution in [0.1, 0.15) is 22.2 Å². The Morgan fingerprint density at radius 3 is 3.33 bits per heavy atom. The lowest BCUT2D eigenvalue weighted by molar-refractivity contribution is 0.428. The second kappa shape index (κ2) is 3.73. The number of hydrogen-bond acceptors (Lipinski definition) is 4. The second-order valence-electron chi connectivity index (χ2n) is 3.49. The zero-order valence-electron chi connectivity index (χ0n) is 7.87. The number of fused-ring (bicyclic) bond motifs is 1. The molecule has 5 heteroatoms. The van der Waals surface area contributed by atoms with Crippen LogP contribution in [0.3, 0.4) is 0 Å². The van der Waals surface area contributed by atoms with Crippen molar-refractivity contribution in [2.45, 2.75) is 12.5 Å². The van der Waals surface area contributed by atoms with Gasteiger partial charge in [-0.25, -0.2) is 0 Å². The van der Waals surface area contributed by atoms with Gasteiger partial charge in [-0.15, -0.1) is 0 Å². The molecule has 1 N–H and O–H groups in total. The summed E-state index contributed by atoms with van der Waals surface area (Å²) in [5, 5.41) is 3.45. The van der Waals surface area contributed by atoms with Crippen LogP contribution < -0.4 is 5.32 Å². The first-order valence-electron chi connectivity index (χ1n) is 4.76. The van der Waals surface area contributed by atoms with Crippen molar-refractivity contribution in [3.8, 4) is 0 Å². The van der Waals surface area contributed by atoms with Crippen molar-refractivity contribution in [1.82, 2.24) is 9.69 Å². The van der Waals surface area contributed by atoms with Gasteiger partial charge in [0.15, 0.2) is 0 Å². The van der Waals surface area contributed by atoms with E-state index in [9.17, 15) is 0 Å². The molecule has 3 heterocycles. The third-order valence-electron chi connectivity index (χ3n) is 2.60. The van der Waals surface area contributed by atoms with E-state index in [0.29, 0.717) is 0 Å². The first kappa shape index (κ1) is 9.57. The Kier molecular flexibility index (Phi) is 2.38. The summed E-state index contributed by atoms with van der Waals surface area (Å²) in [4.78, 5) is 1.19. The Balaban J connectivity index is 2.07. The maximum atomic E-state index is 5.54. The van der Waals surface area contributed by atoms with E-state index in [-0.39, 0.29) is 6.04 Å². The van der Waals surface area contributed by atoms with E-state index in [1.54, 1.807) is 6.26 Å². The SMILES string of the molecule is Brc1cnsc1C1NCCc2ccoc21. The number of rotatable bonds is 1. The molecule has 0 saturated carbocycles. The zero-order valence-corrected chi connectivity index (χ0v) is 10.3. The molecule has 0 radical (unpaired) electrons. The first-order chi connectivity index (χ1) is 7.36. The fourth-order valence-electron chi connectivity index (χ4n) is 1.89. The van der Waals surface area contributed by atoms with Gasteiger partial charge in [0.25, 0.3) is 0 Å². The number of nitrogens with one attached hydrogen (secondary N) is 1. The highest BCUT2D eigenvalue weighted by Crippen LogP contribution is 2.35. The predicted octanol–water partition coefficient (Wildman–Crippen LogP) is 2.73. The van der Waals surface area contributed by atoms with Crippen LogP contribution in [0.5, 0.6) is 0 Å². The summed E-state index contributed by atoms with van der Waals surface area (Å²) >= 11 is 5.01. The molecule has 1 aliphatic rings. The van der Waals surface area contributed by atoms with Crippen molar-refractivity contribution >= 4 is 27.5 Å². The summed E-state index contributed by atoms with van der Waals surface area (Å²) in [6.45, 7) is 0.988. The van der Waals surface area contributed by atoms with Crippen LogP contribution in [0.25, 0.3) is 0 Å². The Bertz CT molecular complexity index is 479. The van der Waals surface area contributed by atoms with Gasteiger partial charge >= 0.3 is 0 Å². The quantitative estimate of drug-likeness (QED) is 0.875. The van der Waals surface area contributed by atoms with Gasteiger partial charge < -0.3 is 9.73 Å². The topological polar surface area (TPSA) is 38.1 Å². The molecule has 1 unspecified atom stereocenters. The Hall–Kier alpha value is -0.650. The molecule has 2 aromatic rings. The molecular formula is C10H9BrN2OS. The largest absolute Gasteiger partial charge is 0.467 e. The van der Waals surface area contributed by atoms with Crippen LogP contribution in [-0.4, -0.2) is 10.9 Å². The number of aromatic nitrogens is 1. The van der Waals surface area contributed by atoms with E-state index in [1.165, 1.54) is 22.0 Å². The Morgan fingerprint density at radius 1 is 1.60 bits per heavy atom. The first-order valence-corrected chi connectivity index (χ1v) is 6.32. The molecule has 0 spiro atoms. The van der Waals surface area contributed by atoms with E-state index >= 15 is 0 Å². The Morgan fingerprint density at radius 2 is 2.53 bits per heavy atom. The summed E-state index contributed by atoms with van der Waals surface area (Å²) in [7, 11) is 0. The lowest BCUT2D eigenvalue weighted by Crippen LogP contribution is -2.29. The summed E-state index contributed by atoms with van der Waals surface area (Å²) < 4.78 is 10.8. The van der Waals surface area contributed by atoms with Crippen LogP contribution in [0.2, 0.25) is 0 Å². The van der Waals surface area contributed by atoms with Gasteiger partial charge in [0.2, 0.25) is 0 Å². The molecule has 3 rings (SSSR count). The minimum absolute atomic E-state index is 0.158. The fourth-order valence-corrected chi connectivity index (χ4v) is 3.28. The van der Waals surface area contributed by atoms with Crippen LogP contribution in [0, 0.1) is 0 Å². The van der Waals surface area contributed by atoms with Gasteiger partial charge in [0.1, 0.15) is 11.8 Å². The van der Waals surface area contributed by atoms with Gasteiger partial charge in [-0.1, -0.05) is 0 Å². The molecule has 1 atom stereocenters. The molecule has 0 amide bonds. The number of nitrogens with zero attached hydrogens (tertiary/aromatic N) is 1. The summed E-state index contributed by atoms with van der Waals surface area (Å²) in [5.74, 6) is 1.03. The monoisotopic (exact) mass is 284 g/mol. The standard InChI is InChI=1S/C10H9BrN2OS/c11-7-5-13-15-10(7)8-9-6(1-3-12-8)2-4-14-9/h2,4-5,8,12H,1,3H2. The summed E-state index contributed by atoms with van der Waals surface area (Å²) in [6.07, 6.45) is 4.64.